The molecule has 2 amide bonds. The zero-order valence-electron chi connectivity index (χ0n) is 22.6. The van der Waals surface area contributed by atoms with Gasteiger partial charge in [0.2, 0.25) is 15.9 Å². The average Bonchev–Trinajstić information content (AvgIpc) is 3.68. The molecule has 3 fully saturated rings. The molecule has 1 aliphatic carbocycles. The number of pyridine rings is 1. The summed E-state index contributed by atoms with van der Waals surface area (Å²) < 4.78 is 28.5. The number of piperidine rings is 1. The highest BCUT2D eigenvalue weighted by Gasteiger charge is 2.44. The van der Waals surface area contributed by atoms with Crippen molar-refractivity contribution in [2.75, 3.05) is 71.6 Å². The maximum absolute atomic E-state index is 13.6. The summed E-state index contributed by atoms with van der Waals surface area (Å²) in [4.78, 5) is 42.4. The van der Waals surface area contributed by atoms with Crippen LogP contribution in [0.2, 0.25) is 0 Å². The number of piperazine rings is 1. The molecule has 2 saturated heterocycles. The summed E-state index contributed by atoms with van der Waals surface area (Å²) in [6.45, 7) is 4.51. The maximum Gasteiger partial charge on any atom is 0.292 e. The Morgan fingerprint density at radius 2 is 1.70 bits per heavy atom. The molecule has 1 saturated carbocycles. The molecule has 0 radical (unpaired) electrons. The lowest BCUT2D eigenvalue weighted by atomic mass is 9.93. The van der Waals surface area contributed by atoms with Crippen molar-refractivity contribution in [3.63, 3.8) is 0 Å². The summed E-state index contributed by atoms with van der Waals surface area (Å²) >= 11 is 0. The van der Waals surface area contributed by atoms with Crippen LogP contribution < -0.4 is 25.5 Å². The fraction of sp³-hybridized carbons (Fsp3) is 0.519. The van der Waals surface area contributed by atoms with Crippen molar-refractivity contribution < 1.29 is 23.1 Å². The molecule has 13 heteroatoms. The van der Waals surface area contributed by atoms with E-state index in [9.17, 15) is 22.8 Å². The molecule has 0 unspecified atom stereocenters. The number of aliphatic hydroxyl groups is 1. The summed E-state index contributed by atoms with van der Waals surface area (Å²) in [5.41, 5.74) is 1.38. The summed E-state index contributed by atoms with van der Waals surface area (Å²) in [7, 11) is -3.74. The molecule has 1 spiro atoms. The van der Waals surface area contributed by atoms with Crippen LogP contribution in [0.25, 0.3) is 0 Å². The number of hydrogen-bond donors (Lipinski definition) is 3. The number of rotatable bonds is 8. The Morgan fingerprint density at radius 3 is 2.33 bits per heavy atom. The lowest BCUT2D eigenvalue weighted by Crippen LogP contribution is -2.55. The van der Waals surface area contributed by atoms with E-state index in [1.165, 1.54) is 30.5 Å². The molecule has 2 aromatic rings. The minimum atomic E-state index is -3.74. The van der Waals surface area contributed by atoms with E-state index in [1.54, 1.807) is 35.4 Å². The third-order valence-electron chi connectivity index (χ3n) is 8.18. The minimum absolute atomic E-state index is 0.00274. The van der Waals surface area contributed by atoms with Gasteiger partial charge in [-0.2, -0.15) is 0 Å². The van der Waals surface area contributed by atoms with E-state index in [0.717, 1.165) is 25.9 Å². The standard InChI is InChI=1S/C27H36N6O6S/c1-20(35)30-13-15-32(16-14-30)33-10-2-3-23(26(33)37)28-25(36)22-5-4-21(29-40(38,39)18-17-34)19-24(22)31-11-8-27(6-7-27)9-12-31/h2-5,10,19,29,34H,6-9,11-18H2,1H3,(H,28,36). The van der Waals surface area contributed by atoms with E-state index in [-0.39, 0.29) is 17.2 Å². The van der Waals surface area contributed by atoms with Crippen molar-refractivity contribution in [3.05, 3.63) is 52.4 Å². The first-order chi connectivity index (χ1) is 19.1. The highest BCUT2D eigenvalue weighted by atomic mass is 32.2. The van der Waals surface area contributed by atoms with Gasteiger partial charge in [0.05, 0.1) is 42.4 Å². The van der Waals surface area contributed by atoms with E-state index in [2.05, 4.69) is 14.9 Å². The second-order valence-electron chi connectivity index (χ2n) is 10.8. The van der Waals surface area contributed by atoms with Crippen molar-refractivity contribution in [1.29, 1.82) is 0 Å². The number of nitrogens with one attached hydrogen (secondary N) is 2. The normalized spacial score (nSPS) is 18.5. The first-order valence-corrected chi connectivity index (χ1v) is 15.3. The molecule has 216 valence electrons. The van der Waals surface area contributed by atoms with Crippen LogP contribution in [0.1, 0.15) is 43.0 Å². The van der Waals surface area contributed by atoms with E-state index >= 15 is 0 Å². The average molecular weight is 573 g/mol. The number of benzene rings is 1. The molecule has 5 rings (SSSR count). The quantitative estimate of drug-likeness (QED) is 0.425. The van der Waals surface area contributed by atoms with Crippen LogP contribution in [0.5, 0.6) is 0 Å². The zero-order valence-corrected chi connectivity index (χ0v) is 23.5. The van der Waals surface area contributed by atoms with Crippen molar-refractivity contribution in [2.45, 2.75) is 32.6 Å². The fourth-order valence-corrected chi connectivity index (χ4v) is 6.34. The second kappa shape index (κ2) is 11.1. The lowest BCUT2D eigenvalue weighted by molar-refractivity contribution is -0.129. The Morgan fingerprint density at radius 1 is 1.00 bits per heavy atom. The molecule has 40 heavy (non-hydrogen) atoms. The Hall–Kier alpha value is -3.58. The van der Waals surface area contributed by atoms with Crippen molar-refractivity contribution in [1.82, 2.24) is 9.58 Å². The Kier molecular flexibility index (Phi) is 7.78. The number of aromatic nitrogens is 1. The lowest BCUT2D eigenvalue weighted by Gasteiger charge is -2.36. The van der Waals surface area contributed by atoms with Crippen LogP contribution in [-0.4, -0.2) is 86.5 Å². The molecule has 1 aromatic carbocycles. The number of sulfonamides is 1. The van der Waals surface area contributed by atoms with Gasteiger partial charge in [-0.1, -0.05) is 0 Å². The molecule has 2 aliphatic heterocycles. The van der Waals surface area contributed by atoms with Gasteiger partial charge in [0.15, 0.2) is 0 Å². The van der Waals surface area contributed by atoms with Crippen molar-refractivity contribution >= 4 is 38.9 Å². The SMILES string of the molecule is CC(=O)N1CCN(n2cccc(NC(=O)c3ccc(NS(=O)(=O)CCO)cc3N3CCC4(CC3)CC4)c2=O)CC1. The van der Waals surface area contributed by atoms with Crippen molar-refractivity contribution in [2.24, 2.45) is 5.41 Å². The zero-order chi connectivity index (χ0) is 28.5. The summed E-state index contributed by atoms with van der Waals surface area (Å²) in [6, 6.07) is 7.96. The van der Waals surface area contributed by atoms with Crippen LogP contribution in [0, 0.1) is 5.41 Å². The first-order valence-electron chi connectivity index (χ1n) is 13.6. The van der Waals surface area contributed by atoms with Crippen LogP contribution in [0.15, 0.2) is 41.3 Å². The summed E-state index contributed by atoms with van der Waals surface area (Å²) in [5, 5.41) is 13.7. The van der Waals surface area contributed by atoms with E-state index in [1.807, 2.05) is 5.01 Å². The van der Waals surface area contributed by atoms with Gasteiger partial charge >= 0.3 is 0 Å². The van der Waals surface area contributed by atoms with Crippen LogP contribution >= 0.6 is 0 Å². The van der Waals surface area contributed by atoms with Gasteiger partial charge in [0, 0.05) is 39.3 Å². The smallest absolute Gasteiger partial charge is 0.292 e. The van der Waals surface area contributed by atoms with Gasteiger partial charge in [0.25, 0.3) is 11.5 Å². The summed E-state index contributed by atoms with van der Waals surface area (Å²) in [6.07, 6.45) is 6.10. The van der Waals surface area contributed by atoms with Gasteiger partial charge in [-0.3, -0.25) is 19.1 Å². The number of hydrogen-bond acceptors (Lipinski definition) is 8. The van der Waals surface area contributed by atoms with Gasteiger partial charge in [-0.05, 0) is 61.4 Å². The van der Waals surface area contributed by atoms with Gasteiger partial charge in [-0.15, -0.1) is 0 Å². The highest BCUT2D eigenvalue weighted by Crippen LogP contribution is 2.54. The molecule has 3 heterocycles. The van der Waals surface area contributed by atoms with E-state index < -0.39 is 28.3 Å². The number of nitrogens with zero attached hydrogens (tertiary/aromatic N) is 4. The molecule has 12 nitrogen and oxygen atoms in total. The minimum Gasteiger partial charge on any atom is -0.395 e. The number of carbonyl (C=O) groups is 2. The molecule has 0 bridgehead atoms. The Labute approximate surface area is 233 Å². The van der Waals surface area contributed by atoms with Gasteiger partial charge < -0.3 is 25.2 Å². The number of amides is 2. The Bertz CT molecular complexity index is 1440. The largest absolute Gasteiger partial charge is 0.395 e. The molecule has 3 N–H and O–H groups in total. The first kappa shape index (κ1) is 28.0. The van der Waals surface area contributed by atoms with Crippen LogP contribution in [-0.2, 0) is 14.8 Å². The van der Waals surface area contributed by atoms with Crippen LogP contribution in [0.4, 0.5) is 17.1 Å². The molecular weight excluding hydrogens is 536 g/mol. The molecular formula is C27H36N6O6S. The molecule has 0 atom stereocenters. The molecule has 1 aromatic heterocycles. The number of anilines is 3. The third-order valence-corrected chi connectivity index (χ3v) is 9.45. The van der Waals surface area contributed by atoms with Gasteiger partial charge in [-0.25, -0.2) is 13.1 Å². The second-order valence-corrected chi connectivity index (χ2v) is 12.7. The van der Waals surface area contributed by atoms with E-state index in [0.29, 0.717) is 48.5 Å². The third kappa shape index (κ3) is 6.09. The Balaban J connectivity index is 1.38. The van der Waals surface area contributed by atoms with Gasteiger partial charge in [0.1, 0.15) is 5.69 Å². The highest BCUT2D eigenvalue weighted by molar-refractivity contribution is 7.92. The van der Waals surface area contributed by atoms with Crippen LogP contribution in [0.3, 0.4) is 0 Å². The maximum atomic E-state index is 13.6. The van der Waals surface area contributed by atoms with E-state index in [4.69, 9.17) is 5.11 Å². The fourth-order valence-electron chi connectivity index (χ4n) is 5.52. The van der Waals surface area contributed by atoms with Crippen molar-refractivity contribution in [3.8, 4) is 0 Å². The number of aliphatic hydroxyl groups excluding tert-OH is 1. The monoisotopic (exact) mass is 572 g/mol. The summed E-state index contributed by atoms with van der Waals surface area (Å²) in [5.74, 6) is -0.902. The number of carbonyl (C=O) groups excluding carboxylic acids is 2. The predicted octanol–water partition coefficient (Wildman–Crippen LogP) is 1.02. The predicted molar refractivity (Wildman–Crippen MR) is 153 cm³/mol. The topological polar surface area (TPSA) is 144 Å². The molecule has 3 aliphatic rings.